The highest BCUT2D eigenvalue weighted by Crippen LogP contribution is 2.41. The van der Waals surface area contributed by atoms with E-state index in [9.17, 15) is 32.7 Å². The molecule has 3 atom stereocenters. The molecule has 1 unspecified atom stereocenters. The number of thioether (sulfide) groups is 2. The fourth-order valence-electron chi connectivity index (χ4n) is 5.20. The monoisotopic (exact) mass is 631 g/mol. The van der Waals surface area contributed by atoms with Crippen LogP contribution in [0.2, 0.25) is 0 Å². The average molecular weight is 632 g/mol. The molecule has 222 valence electrons. The van der Waals surface area contributed by atoms with Gasteiger partial charge in [0.15, 0.2) is 9.84 Å². The molecule has 4 aliphatic heterocycles. The minimum atomic E-state index is -3.14. The summed E-state index contributed by atoms with van der Waals surface area (Å²) in [6, 6.07) is 8.21. The summed E-state index contributed by atoms with van der Waals surface area (Å²) in [5.74, 6) is -1.98. The van der Waals surface area contributed by atoms with Crippen LogP contribution in [-0.4, -0.2) is 104 Å². The van der Waals surface area contributed by atoms with Crippen molar-refractivity contribution in [2.24, 2.45) is 0 Å². The number of likely N-dealkylation sites (tertiary alicyclic amines) is 1. The Kier molecular flexibility index (Phi) is 9.08. The van der Waals surface area contributed by atoms with Crippen molar-refractivity contribution < 1.29 is 32.7 Å². The second kappa shape index (κ2) is 12.8. The first-order valence-corrected chi connectivity index (χ1v) is 17.0. The third kappa shape index (κ3) is 6.57. The lowest BCUT2D eigenvalue weighted by Crippen LogP contribution is -2.70. The number of β-lactam (4-membered cyclic amide) rings is 1. The third-order valence-corrected chi connectivity index (χ3v) is 11.3. The Morgan fingerprint density at radius 1 is 1.24 bits per heavy atom. The van der Waals surface area contributed by atoms with Crippen molar-refractivity contribution in [3.05, 3.63) is 72.0 Å². The number of rotatable bonds is 7. The third-order valence-electron chi connectivity index (χ3n) is 7.19. The molecule has 0 saturated carbocycles. The van der Waals surface area contributed by atoms with Crippen LogP contribution in [0.3, 0.4) is 0 Å². The number of H-pyrrole nitrogens is 1. The number of carbonyl (C=O) groups excluding carboxylic acids is 3. The van der Waals surface area contributed by atoms with Crippen LogP contribution in [0, 0.1) is 0 Å². The first kappa shape index (κ1) is 29.9. The van der Waals surface area contributed by atoms with Crippen molar-refractivity contribution in [3.63, 3.8) is 0 Å². The summed E-state index contributed by atoms with van der Waals surface area (Å²) in [5.41, 5.74) is 0.587. The second-order valence-corrected chi connectivity index (χ2v) is 14.4. The Bertz CT molecular complexity index is 1510. The topological polar surface area (TPSA) is 170 Å². The standard InChI is InChI=1S/C24H25N3O7S3.C3H4N2/c28-18(12-35-17-4-2-1-3-5-17)25-19-22(30)27-20(24(31)32)15(11-36-23(19)27)10-14-6-8-26(21(14)29)16-7-9-37(33,34)13-16;1-2-5-3-4-1/h1-5,10,16,19,23H,6-9,11-13H2,(H,25,28)(H,31,32);1-3H,(H,4,5)/b14-10+;/t16?,19-,23-;/m1./s1. The lowest BCUT2D eigenvalue weighted by atomic mass is 10.0. The highest BCUT2D eigenvalue weighted by molar-refractivity contribution is 8.00. The van der Waals surface area contributed by atoms with Gasteiger partial charge >= 0.3 is 5.97 Å². The minimum absolute atomic E-state index is 0.0497. The smallest absolute Gasteiger partial charge is 0.352 e. The number of aliphatic carboxylic acids is 1. The van der Waals surface area contributed by atoms with Crippen LogP contribution in [0.5, 0.6) is 0 Å². The van der Waals surface area contributed by atoms with E-state index in [1.807, 2.05) is 30.3 Å². The summed E-state index contributed by atoms with van der Waals surface area (Å²) in [6.45, 7) is 0.383. The molecule has 12 nitrogen and oxygen atoms in total. The van der Waals surface area contributed by atoms with Gasteiger partial charge in [-0.3, -0.25) is 19.3 Å². The Hall–Kier alpha value is -3.56. The summed E-state index contributed by atoms with van der Waals surface area (Å²) < 4.78 is 23.7. The molecule has 3 fully saturated rings. The molecule has 0 radical (unpaired) electrons. The molecule has 0 aliphatic carbocycles. The number of fused-ring (bicyclic) bond motifs is 1. The maximum absolute atomic E-state index is 13.0. The molecule has 42 heavy (non-hydrogen) atoms. The molecule has 1 aromatic heterocycles. The molecule has 0 bridgehead atoms. The summed E-state index contributed by atoms with van der Waals surface area (Å²) >= 11 is 2.68. The van der Waals surface area contributed by atoms with Gasteiger partial charge in [0.2, 0.25) is 11.8 Å². The number of allylic oxidation sites excluding steroid dienone is 1. The lowest BCUT2D eigenvalue weighted by molar-refractivity contribution is -0.150. The predicted molar refractivity (Wildman–Crippen MR) is 157 cm³/mol. The van der Waals surface area contributed by atoms with Gasteiger partial charge in [-0.15, -0.1) is 23.5 Å². The van der Waals surface area contributed by atoms with E-state index >= 15 is 0 Å². The summed E-state index contributed by atoms with van der Waals surface area (Å²) in [6.07, 6.45) is 7.40. The van der Waals surface area contributed by atoms with E-state index in [4.69, 9.17) is 0 Å². The summed E-state index contributed by atoms with van der Waals surface area (Å²) in [5, 5.41) is 12.1. The fraction of sp³-hybridized carbons (Fsp3) is 0.370. The quantitative estimate of drug-likeness (QED) is 0.230. The van der Waals surface area contributed by atoms with E-state index in [2.05, 4.69) is 15.3 Å². The SMILES string of the molecule is O=C(CSc1ccccc1)N[C@@H]1C(=O)N2C(C(=O)O)=C(/C=C3\CCN(C4CCS(=O)(=O)C4)C3=O)CS[C@H]12.c1c[nH]cn1. The minimum Gasteiger partial charge on any atom is -0.477 e. The Morgan fingerprint density at radius 3 is 2.64 bits per heavy atom. The van der Waals surface area contributed by atoms with Gasteiger partial charge in [-0.05, 0) is 36.6 Å². The number of sulfone groups is 1. The molecule has 3 amide bonds. The van der Waals surface area contributed by atoms with Crippen LogP contribution in [0.25, 0.3) is 0 Å². The molecule has 6 rings (SSSR count). The Balaban J connectivity index is 0.000000639. The van der Waals surface area contributed by atoms with Crippen molar-refractivity contribution >= 4 is 57.1 Å². The van der Waals surface area contributed by atoms with Gasteiger partial charge in [0.25, 0.3) is 5.91 Å². The maximum atomic E-state index is 13.0. The number of carboxylic acids is 1. The number of hydrogen-bond donors (Lipinski definition) is 3. The molecule has 1 aromatic carbocycles. The maximum Gasteiger partial charge on any atom is 0.352 e. The zero-order valence-electron chi connectivity index (χ0n) is 22.3. The first-order valence-electron chi connectivity index (χ1n) is 13.2. The van der Waals surface area contributed by atoms with Gasteiger partial charge in [0.05, 0.1) is 23.6 Å². The molecule has 5 heterocycles. The zero-order chi connectivity index (χ0) is 29.9. The number of amides is 3. The van der Waals surface area contributed by atoms with Gasteiger partial charge in [0, 0.05) is 41.2 Å². The highest BCUT2D eigenvalue weighted by atomic mass is 32.2. The van der Waals surface area contributed by atoms with Crippen molar-refractivity contribution in [3.8, 4) is 0 Å². The zero-order valence-corrected chi connectivity index (χ0v) is 24.8. The van der Waals surface area contributed by atoms with Crippen molar-refractivity contribution in [2.45, 2.75) is 35.2 Å². The number of benzene rings is 1. The lowest BCUT2D eigenvalue weighted by Gasteiger charge is -2.49. The van der Waals surface area contributed by atoms with Gasteiger partial charge in [-0.25, -0.2) is 18.2 Å². The molecule has 0 spiro atoms. The van der Waals surface area contributed by atoms with Crippen LogP contribution in [-0.2, 0) is 29.0 Å². The molecule has 3 N–H and O–H groups in total. The van der Waals surface area contributed by atoms with E-state index in [0.29, 0.717) is 30.5 Å². The van der Waals surface area contributed by atoms with E-state index in [-0.39, 0.29) is 46.6 Å². The molecule has 15 heteroatoms. The van der Waals surface area contributed by atoms with E-state index in [1.54, 1.807) is 23.6 Å². The van der Waals surface area contributed by atoms with E-state index in [0.717, 1.165) is 4.90 Å². The average Bonchev–Trinajstić information content (AvgIpc) is 3.74. The number of carbonyl (C=O) groups is 4. The van der Waals surface area contributed by atoms with Crippen LogP contribution in [0.15, 0.2) is 76.9 Å². The Morgan fingerprint density at radius 2 is 2.02 bits per heavy atom. The molecular formula is C27H29N5O7S3. The van der Waals surface area contributed by atoms with E-state index in [1.165, 1.54) is 34.5 Å². The normalized spacial score (nSPS) is 25.5. The number of carboxylic acid groups (broad SMARTS) is 1. The van der Waals surface area contributed by atoms with Gasteiger partial charge < -0.3 is 20.3 Å². The van der Waals surface area contributed by atoms with Gasteiger partial charge in [-0.2, -0.15) is 0 Å². The number of nitrogens with zero attached hydrogens (tertiary/aromatic N) is 3. The van der Waals surface area contributed by atoms with Crippen LogP contribution < -0.4 is 5.32 Å². The fourth-order valence-corrected chi connectivity index (χ4v) is 8.96. The van der Waals surface area contributed by atoms with E-state index < -0.39 is 33.1 Å². The summed E-state index contributed by atoms with van der Waals surface area (Å²) in [7, 11) is -3.14. The number of nitrogens with one attached hydrogen (secondary N) is 2. The first-order chi connectivity index (χ1) is 20.1. The largest absolute Gasteiger partial charge is 0.477 e. The van der Waals surface area contributed by atoms with Crippen molar-refractivity contribution in [2.75, 3.05) is 29.6 Å². The highest BCUT2D eigenvalue weighted by Gasteiger charge is 2.54. The molecule has 2 aromatic rings. The molecule has 4 aliphatic rings. The number of imidazole rings is 1. The van der Waals surface area contributed by atoms with Crippen molar-refractivity contribution in [1.29, 1.82) is 0 Å². The molecular weight excluding hydrogens is 603 g/mol. The van der Waals surface area contributed by atoms with Crippen LogP contribution >= 0.6 is 23.5 Å². The number of aromatic amines is 1. The van der Waals surface area contributed by atoms with Crippen molar-refractivity contribution in [1.82, 2.24) is 25.1 Å². The number of aromatic nitrogens is 2. The second-order valence-electron chi connectivity index (χ2n) is 9.97. The van der Waals surface area contributed by atoms with Gasteiger partial charge in [0.1, 0.15) is 17.1 Å². The number of hydrogen-bond acceptors (Lipinski definition) is 9. The van der Waals surface area contributed by atoms with Crippen LogP contribution in [0.1, 0.15) is 12.8 Å². The van der Waals surface area contributed by atoms with Gasteiger partial charge in [-0.1, -0.05) is 18.2 Å². The van der Waals surface area contributed by atoms with Crippen LogP contribution in [0.4, 0.5) is 0 Å². The summed E-state index contributed by atoms with van der Waals surface area (Å²) in [4.78, 5) is 60.5. The molecule has 3 saturated heterocycles. The predicted octanol–water partition coefficient (Wildman–Crippen LogP) is 1.27. The Labute approximate surface area is 250 Å².